The molecule has 2 nitrogen and oxygen atoms in total. The van der Waals surface area contributed by atoms with Crippen molar-refractivity contribution in [1.82, 2.24) is 0 Å². The predicted molar refractivity (Wildman–Crippen MR) is 62.3 cm³/mol. The molecule has 0 saturated heterocycles. The van der Waals surface area contributed by atoms with Crippen LogP contribution in [0, 0.1) is 0 Å². The van der Waals surface area contributed by atoms with Crippen LogP contribution in [0.15, 0.2) is 35.3 Å². The second kappa shape index (κ2) is 5.17. The quantitative estimate of drug-likeness (QED) is 0.840. The van der Waals surface area contributed by atoms with E-state index in [4.69, 9.17) is 10.5 Å². The number of rotatable bonds is 4. The third kappa shape index (κ3) is 2.86. The molecule has 0 saturated carbocycles. The van der Waals surface area contributed by atoms with Crippen molar-refractivity contribution in [3.05, 3.63) is 40.9 Å². The number of hydrogen-bond acceptors (Lipinski definition) is 2. The fourth-order valence-corrected chi connectivity index (χ4v) is 1.53. The standard InChI is InChI=1S/C11H14BrNO/c1-3-8(2)14-11-5-4-9(7-13)6-10(11)12/h3-6,8H,1,7,13H2,2H3. The van der Waals surface area contributed by atoms with Crippen molar-refractivity contribution >= 4 is 15.9 Å². The van der Waals surface area contributed by atoms with Crippen LogP contribution in [0.25, 0.3) is 0 Å². The molecular weight excluding hydrogens is 242 g/mol. The minimum Gasteiger partial charge on any atom is -0.485 e. The summed E-state index contributed by atoms with van der Waals surface area (Å²) in [5.41, 5.74) is 6.60. The number of hydrogen-bond donors (Lipinski definition) is 1. The van der Waals surface area contributed by atoms with E-state index in [9.17, 15) is 0 Å². The van der Waals surface area contributed by atoms with Crippen LogP contribution < -0.4 is 10.5 Å². The minimum atomic E-state index is 0.00928. The molecule has 1 aromatic carbocycles. The van der Waals surface area contributed by atoms with Crippen LogP contribution in [-0.2, 0) is 6.54 Å². The highest BCUT2D eigenvalue weighted by Gasteiger charge is 2.04. The van der Waals surface area contributed by atoms with E-state index in [0.717, 1.165) is 15.8 Å². The Morgan fingerprint density at radius 3 is 2.86 bits per heavy atom. The molecule has 0 radical (unpaired) electrons. The third-order valence-electron chi connectivity index (χ3n) is 1.88. The van der Waals surface area contributed by atoms with E-state index in [1.165, 1.54) is 0 Å². The monoisotopic (exact) mass is 255 g/mol. The second-order valence-corrected chi connectivity index (χ2v) is 3.88. The first-order chi connectivity index (χ1) is 6.67. The summed E-state index contributed by atoms with van der Waals surface area (Å²) < 4.78 is 6.51. The van der Waals surface area contributed by atoms with Crippen LogP contribution in [-0.4, -0.2) is 6.10 Å². The van der Waals surface area contributed by atoms with E-state index in [1.54, 1.807) is 6.08 Å². The zero-order valence-corrected chi connectivity index (χ0v) is 9.75. The summed E-state index contributed by atoms with van der Waals surface area (Å²) in [4.78, 5) is 0. The maximum absolute atomic E-state index is 5.59. The largest absolute Gasteiger partial charge is 0.485 e. The van der Waals surface area contributed by atoms with Crippen molar-refractivity contribution < 1.29 is 4.74 Å². The van der Waals surface area contributed by atoms with Gasteiger partial charge in [-0.25, -0.2) is 0 Å². The summed E-state index contributed by atoms with van der Waals surface area (Å²) in [6.45, 7) is 6.14. The average Bonchev–Trinajstić information content (AvgIpc) is 2.20. The van der Waals surface area contributed by atoms with E-state index in [-0.39, 0.29) is 6.10 Å². The van der Waals surface area contributed by atoms with Gasteiger partial charge < -0.3 is 10.5 Å². The molecule has 0 bridgehead atoms. The molecule has 2 N–H and O–H groups in total. The van der Waals surface area contributed by atoms with Gasteiger partial charge in [-0.1, -0.05) is 18.7 Å². The molecule has 0 aliphatic heterocycles. The molecule has 0 aromatic heterocycles. The summed E-state index contributed by atoms with van der Waals surface area (Å²) in [6, 6.07) is 5.83. The van der Waals surface area contributed by atoms with Crippen LogP contribution in [0.3, 0.4) is 0 Å². The van der Waals surface area contributed by atoms with E-state index in [2.05, 4.69) is 22.5 Å². The van der Waals surface area contributed by atoms with Gasteiger partial charge in [-0.05, 0) is 40.5 Å². The number of nitrogens with two attached hydrogens (primary N) is 1. The average molecular weight is 256 g/mol. The summed E-state index contributed by atoms with van der Waals surface area (Å²) in [6.07, 6.45) is 1.76. The normalized spacial score (nSPS) is 12.2. The van der Waals surface area contributed by atoms with Gasteiger partial charge in [0, 0.05) is 6.54 Å². The Labute approximate surface area is 92.9 Å². The third-order valence-corrected chi connectivity index (χ3v) is 2.50. The van der Waals surface area contributed by atoms with Gasteiger partial charge in [0.1, 0.15) is 11.9 Å². The van der Waals surface area contributed by atoms with Gasteiger partial charge >= 0.3 is 0 Å². The van der Waals surface area contributed by atoms with Crippen LogP contribution in [0.2, 0.25) is 0 Å². The lowest BCUT2D eigenvalue weighted by Crippen LogP contribution is -2.08. The van der Waals surface area contributed by atoms with Gasteiger partial charge in [0.15, 0.2) is 0 Å². The van der Waals surface area contributed by atoms with E-state index < -0.39 is 0 Å². The summed E-state index contributed by atoms with van der Waals surface area (Å²) in [7, 11) is 0. The molecule has 0 amide bonds. The van der Waals surface area contributed by atoms with E-state index >= 15 is 0 Å². The van der Waals surface area contributed by atoms with Gasteiger partial charge in [-0.15, -0.1) is 0 Å². The topological polar surface area (TPSA) is 35.2 Å². The Morgan fingerprint density at radius 1 is 1.64 bits per heavy atom. The maximum Gasteiger partial charge on any atom is 0.134 e. The Hall–Kier alpha value is -0.800. The van der Waals surface area contributed by atoms with E-state index in [0.29, 0.717) is 6.54 Å². The zero-order valence-electron chi connectivity index (χ0n) is 8.16. The molecular formula is C11H14BrNO. The minimum absolute atomic E-state index is 0.00928. The first-order valence-electron chi connectivity index (χ1n) is 4.45. The molecule has 0 spiro atoms. The summed E-state index contributed by atoms with van der Waals surface area (Å²) >= 11 is 3.43. The fraction of sp³-hybridized carbons (Fsp3) is 0.273. The molecule has 76 valence electrons. The lowest BCUT2D eigenvalue weighted by Gasteiger charge is -2.12. The van der Waals surface area contributed by atoms with Crippen molar-refractivity contribution in [1.29, 1.82) is 0 Å². The highest BCUT2D eigenvalue weighted by molar-refractivity contribution is 9.10. The van der Waals surface area contributed by atoms with Crippen molar-refractivity contribution in [2.24, 2.45) is 5.73 Å². The molecule has 1 unspecified atom stereocenters. The summed E-state index contributed by atoms with van der Waals surface area (Å²) in [5, 5.41) is 0. The van der Waals surface area contributed by atoms with Gasteiger partial charge in [0.2, 0.25) is 0 Å². The highest BCUT2D eigenvalue weighted by atomic mass is 79.9. The first-order valence-corrected chi connectivity index (χ1v) is 5.24. The first kappa shape index (κ1) is 11.3. The van der Waals surface area contributed by atoms with Crippen LogP contribution in [0.4, 0.5) is 0 Å². The van der Waals surface area contributed by atoms with Gasteiger partial charge in [-0.2, -0.15) is 0 Å². The van der Waals surface area contributed by atoms with Crippen molar-refractivity contribution in [2.75, 3.05) is 0 Å². The Bertz CT molecular complexity index is 325. The van der Waals surface area contributed by atoms with Crippen LogP contribution in [0.5, 0.6) is 5.75 Å². The van der Waals surface area contributed by atoms with Gasteiger partial charge in [0.25, 0.3) is 0 Å². The molecule has 0 fully saturated rings. The second-order valence-electron chi connectivity index (χ2n) is 3.03. The summed E-state index contributed by atoms with van der Waals surface area (Å²) in [5.74, 6) is 0.814. The molecule has 1 atom stereocenters. The lowest BCUT2D eigenvalue weighted by atomic mass is 10.2. The van der Waals surface area contributed by atoms with Crippen LogP contribution in [0.1, 0.15) is 12.5 Å². The molecule has 0 heterocycles. The Morgan fingerprint density at radius 2 is 2.36 bits per heavy atom. The van der Waals surface area contributed by atoms with E-state index in [1.807, 2.05) is 25.1 Å². The van der Waals surface area contributed by atoms with Crippen molar-refractivity contribution in [3.8, 4) is 5.75 Å². The maximum atomic E-state index is 5.59. The SMILES string of the molecule is C=CC(C)Oc1ccc(CN)cc1Br. The molecule has 1 aromatic rings. The smallest absolute Gasteiger partial charge is 0.134 e. The zero-order chi connectivity index (χ0) is 10.6. The lowest BCUT2D eigenvalue weighted by molar-refractivity contribution is 0.268. The Kier molecular flexibility index (Phi) is 4.17. The number of halogens is 1. The molecule has 0 aliphatic carbocycles. The predicted octanol–water partition coefficient (Wildman–Crippen LogP) is 2.86. The molecule has 0 aliphatic rings. The van der Waals surface area contributed by atoms with Crippen LogP contribution >= 0.6 is 15.9 Å². The number of benzene rings is 1. The van der Waals surface area contributed by atoms with Gasteiger partial charge in [-0.3, -0.25) is 0 Å². The van der Waals surface area contributed by atoms with Crippen molar-refractivity contribution in [2.45, 2.75) is 19.6 Å². The fourth-order valence-electron chi connectivity index (χ4n) is 1.02. The van der Waals surface area contributed by atoms with Crippen molar-refractivity contribution in [3.63, 3.8) is 0 Å². The molecule has 3 heteroatoms. The Balaban J connectivity index is 2.83. The number of ether oxygens (including phenoxy) is 1. The van der Waals surface area contributed by atoms with Gasteiger partial charge in [0.05, 0.1) is 4.47 Å². The highest BCUT2D eigenvalue weighted by Crippen LogP contribution is 2.26. The molecule has 1 rings (SSSR count). The molecule has 14 heavy (non-hydrogen) atoms.